The van der Waals surface area contributed by atoms with E-state index in [0.717, 1.165) is 0 Å². The molecule has 0 saturated carbocycles. The molecule has 0 rings (SSSR count). The van der Waals surface area contributed by atoms with E-state index in [4.69, 9.17) is 0 Å². The molecule has 0 bridgehead atoms. The van der Waals surface area contributed by atoms with Crippen LogP contribution in [0.4, 0.5) is 0 Å². The Bertz CT molecular complexity index is 11.1. The summed E-state index contributed by atoms with van der Waals surface area (Å²) < 4.78 is 3.11. The van der Waals surface area contributed by atoms with Crippen molar-refractivity contribution in [1.82, 2.24) is 0 Å². The van der Waals surface area contributed by atoms with E-state index in [0.29, 0.717) is 0 Å². The second kappa shape index (κ2) is 5.48. The molecular formula is C4H10Sr. The van der Waals surface area contributed by atoms with E-state index < -0.39 is 0 Å². The van der Waals surface area contributed by atoms with Crippen molar-refractivity contribution in [3.05, 3.63) is 0 Å². The van der Waals surface area contributed by atoms with E-state index in [1.165, 1.54) is 0 Å². The quantitative estimate of drug-likeness (QED) is 0.518. The van der Waals surface area contributed by atoms with Gasteiger partial charge in [-0.05, 0) is 0 Å². The molecule has 0 aromatic heterocycles. The van der Waals surface area contributed by atoms with Crippen LogP contribution in [-0.4, -0.2) is 41.0 Å². The van der Waals surface area contributed by atoms with E-state index in [1.54, 1.807) is 2.78 Å². The van der Waals surface area contributed by atoms with E-state index in [9.17, 15) is 0 Å². The molecule has 0 radical (unpaired) electrons. The molecule has 0 N–H and O–H groups in total. The molecule has 28 valence electrons. The van der Waals surface area contributed by atoms with Gasteiger partial charge in [-0.2, -0.15) is 0 Å². The normalized spacial score (nSPS) is 6.80. The molecule has 0 aliphatic heterocycles. The van der Waals surface area contributed by atoms with Gasteiger partial charge in [-0.1, -0.05) is 0 Å². The Balaban J connectivity index is 2.19. The summed E-state index contributed by atoms with van der Waals surface area (Å²) >= 11 is -0.0578. The maximum atomic E-state index is 2.31. The first kappa shape index (κ1) is 6.48. The van der Waals surface area contributed by atoms with Crippen LogP contribution in [0, 0.1) is 0 Å². The van der Waals surface area contributed by atoms with Gasteiger partial charge < -0.3 is 0 Å². The fourth-order valence-electron chi connectivity index (χ4n) is 0.354. The van der Waals surface area contributed by atoms with Crippen molar-refractivity contribution in [1.29, 1.82) is 0 Å². The number of hydrogen-bond donors (Lipinski definition) is 0. The first-order valence-corrected chi connectivity index (χ1v) is 7.33. The summed E-state index contributed by atoms with van der Waals surface area (Å²) in [5.41, 5.74) is 0. The molecule has 0 atom stereocenters. The van der Waals surface area contributed by atoms with Gasteiger partial charge in [0.15, 0.2) is 0 Å². The van der Waals surface area contributed by atoms with Crippen LogP contribution in [0.15, 0.2) is 0 Å². The molecule has 1 heteroatoms. The van der Waals surface area contributed by atoms with Crippen LogP contribution in [0.5, 0.6) is 0 Å². The Labute approximate surface area is 56.7 Å². The second-order valence-corrected chi connectivity index (χ2v) is 8.01. The van der Waals surface area contributed by atoms with Crippen molar-refractivity contribution in [2.75, 3.05) is 0 Å². The van der Waals surface area contributed by atoms with Crippen molar-refractivity contribution in [3.8, 4) is 0 Å². The van der Waals surface area contributed by atoms with E-state index in [-0.39, 0.29) is 41.0 Å². The third kappa shape index (κ3) is 5.48. The second-order valence-electron chi connectivity index (χ2n) is 1.35. The van der Waals surface area contributed by atoms with Gasteiger partial charge in [-0.3, -0.25) is 0 Å². The summed E-state index contributed by atoms with van der Waals surface area (Å²) in [5, 5.41) is 0. The fourth-order valence-corrected chi connectivity index (χ4v) is 2.09. The SMILES string of the molecule is C[CH2][Sr][CH2]C. The first-order valence-electron chi connectivity index (χ1n) is 2.41. The summed E-state index contributed by atoms with van der Waals surface area (Å²) in [4.78, 5) is 0. The number of rotatable bonds is 2. The van der Waals surface area contributed by atoms with E-state index in [2.05, 4.69) is 13.8 Å². The Hall–Kier alpha value is 1.48. The molecule has 0 spiro atoms. The maximum absolute atomic E-state index is 2.31. The summed E-state index contributed by atoms with van der Waals surface area (Å²) in [5.74, 6) is 0. The zero-order chi connectivity index (χ0) is 4.12. The van der Waals surface area contributed by atoms with Crippen molar-refractivity contribution in [3.63, 3.8) is 0 Å². The molecule has 0 amide bonds. The molecule has 0 nitrogen and oxygen atoms in total. The van der Waals surface area contributed by atoms with Crippen LogP contribution < -0.4 is 0 Å². The van der Waals surface area contributed by atoms with Crippen molar-refractivity contribution in [2.45, 2.75) is 16.6 Å². The van der Waals surface area contributed by atoms with Gasteiger partial charge in [0.05, 0.1) is 0 Å². The first-order chi connectivity index (χ1) is 2.41. The van der Waals surface area contributed by atoms with Crippen LogP contribution in [0.1, 0.15) is 13.8 Å². The van der Waals surface area contributed by atoms with Gasteiger partial charge in [-0.25, -0.2) is 0 Å². The minimum absolute atomic E-state index is 0.0578. The molecule has 0 heterocycles. The Morgan fingerprint density at radius 3 is 1.60 bits per heavy atom. The molecule has 0 aromatic rings. The van der Waals surface area contributed by atoms with E-state index in [1.807, 2.05) is 0 Å². The monoisotopic (exact) mass is 146 g/mol. The Morgan fingerprint density at radius 2 is 1.60 bits per heavy atom. The predicted octanol–water partition coefficient (Wildman–Crippen LogP) is 1.57. The molecular weight excluding hydrogens is 136 g/mol. The van der Waals surface area contributed by atoms with Gasteiger partial charge in [0.25, 0.3) is 0 Å². The topological polar surface area (TPSA) is 0 Å². The van der Waals surface area contributed by atoms with Crippen LogP contribution in [0.25, 0.3) is 0 Å². The third-order valence-corrected chi connectivity index (χ3v) is 4.18. The summed E-state index contributed by atoms with van der Waals surface area (Å²) in [6.07, 6.45) is 0. The average Bonchev–Trinajstić information content (AvgIpc) is 1.41. The molecule has 0 aromatic carbocycles. The summed E-state index contributed by atoms with van der Waals surface area (Å²) in [7, 11) is 0. The molecule has 0 saturated heterocycles. The van der Waals surface area contributed by atoms with Gasteiger partial charge in [0.2, 0.25) is 0 Å². The zero-order valence-corrected chi connectivity index (χ0v) is 7.60. The van der Waals surface area contributed by atoms with Gasteiger partial charge >= 0.3 is 57.7 Å². The van der Waals surface area contributed by atoms with Crippen molar-refractivity contribution in [2.24, 2.45) is 0 Å². The van der Waals surface area contributed by atoms with Crippen molar-refractivity contribution >= 4 is 41.0 Å². The van der Waals surface area contributed by atoms with Gasteiger partial charge in [-0.15, -0.1) is 0 Å². The van der Waals surface area contributed by atoms with Crippen molar-refractivity contribution < 1.29 is 0 Å². The molecule has 5 heavy (non-hydrogen) atoms. The fraction of sp³-hybridized carbons (Fsp3) is 1.00. The zero-order valence-electron chi connectivity index (χ0n) is 4.12. The summed E-state index contributed by atoms with van der Waals surface area (Å²) in [6.45, 7) is 4.61. The van der Waals surface area contributed by atoms with Crippen LogP contribution in [0.3, 0.4) is 0 Å². The molecule has 0 unspecified atom stereocenters. The van der Waals surface area contributed by atoms with E-state index >= 15 is 0 Å². The third-order valence-electron chi connectivity index (χ3n) is 0.707. The molecule has 0 fully saturated rings. The Kier molecular flexibility index (Phi) is 7.10. The van der Waals surface area contributed by atoms with Gasteiger partial charge in [0.1, 0.15) is 0 Å². The summed E-state index contributed by atoms with van der Waals surface area (Å²) in [6, 6.07) is 0. The predicted molar refractivity (Wildman–Crippen MR) is 26.7 cm³/mol. The Morgan fingerprint density at radius 1 is 1.20 bits per heavy atom. The van der Waals surface area contributed by atoms with Crippen LogP contribution in [-0.2, 0) is 0 Å². The standard InChI is InChI=1S/2C2H5.Sr/c2*1-2;/h2*1H2,2H3;. The van der Waals surface area contributed by atoms with Crippen LogP contribution in [0.2, 0.25) is 2.78 Å². The minimum atomic E-state index is -0.0578. The van der Waals surface area contributed by atoms with Gasteiger partial charge in [0, 0.05) is 0 Å². The average molecular weight is 146 g/mol. The van der Waals surface area contributed by atoms with Crippen LogP contribution >= 0.6 is 0 Å². The number of hydrogen-bond acceptors (Lipinski definition) is 0. The molecule has 0 aliphatic rings. The molecule has 0 aliphatic carbocycles.